The number of ether oxygens (including phenoxy) is 1. The number of hydrogen-bond donors (Lipinski definition) is 0. The van der Waals surface area contributed by atoms with Gasteiger partial charge in [-0.05, 0) is 18.6 Å². The molecule has 0 bridgehead atoms. The topological polar surface area (TPSA) is 52.4 Å². The van der Waals surface area contributed by atoms with Gasteiger partial charge in [0.2, 0.25) is 0 Å². The summed E-state index contributed by atoms with van der Waals surface area (Å²) in [5.74, 6) is 0.548. The first-order chi connectivity index (χ1) is 7.13. The molecule has 15 heavy (non-hydrogen) atoms. The predicted octanol–water partition coefficient (Wildman–Crippen LogP) is 3.05. The minimum absolute atomic E-state index is 0.0946. The van der Waals surface area contributed by atoms with E-state index in [1.54, 1.807) is 6.07 Å². The summed E-state index contributed by atoms with van der Waals surface area (Å²) in [6.45, 7) is 0. The molecule has 1 aromatic rings. The number of benzene rings is 1. The Balaban J connectivity index is 3.34. The molecule has 4 nitrogen and oxygen atoms in total. The molecule has 82 valence electrons. The first-order valence-corrected chi connectivity index (χ1v) is 6.53. The lowest BCUT2D eigenvalue weighted by Gasteiger charge is -2.08. The summed E-state index contributed by atoms with van der Waals surface area (Å²) in [6.07, 6.45) is 3.73. The van der Waals surface area contributed by atoms with Gasteiger partial charge in [0.1, 0.15) is 5.75 Å². The van der Waals surface area contributed by atoms with Crippen molar-refractivity contribution in [3.63, 3.8) is 0 Å². The van der Waals surface area contributed by atoms with Gasteiger partial charge in [0.15, 0.2) is 0 Å². The van der Waals surface area contributed by atoms with Gasteiger partial charge >= 0.3 is 0 Å². The van der Waals surface area contributed by atoms with E-state index < -0.39 is 4.92 Å². The van der Waals surface area contributed by atoms with Crippen LogP contribution in [0.15, 0.2) is 21.9 Å². The Morgan fingerprint density at radius 3 is 2.27 bits per heavy atom. The number of hydrogen-bond acceptors (Lipinski definition) is 5. The van der Waals surface area contributed by atoms with Crippen LogP contribution in [0.2, 0.25) is 0 Å². The van der Waals surface area contributed by atoms with Crippen LogP contribution < -0.4 is 4.74 Å². The molecule has 0 unspecified atom stereocenters. The van der Waals surface area contributed by atoms with Gasteiger partial charge in [-0.2, -0.15) is 0 Å². The number of thioether (sulfide) groups is 2. The number of nitrogens with zero attached hydrogens (tertiary/aromatic N) is 1. The van der Waals surface area contributed by atoms with Gasteiger partial charge in [-0.1, -0.05) is 0 Å². The monoisotopic (exact) mass is 245 g/mol. The molecule has 0 radical (unpaired) electrons. The minimum Gasteiger partial charge on any atom is -0.495 e. The third-order valence-corrected chi connectivity index (χ3v) is 3.41. The highest BCUT2D eigenvalue weighted by atomic mass is 32.2. The van der Waals surface area contributed by atoms with Crippen molar-refractivity contribution in [2.45, 2.75) is 9.79 Å². The average Bonchev–Trinajstić information content (AvgIpc) is 2.26. The van der Waals surface area contributed by atoms with E-state index in [1.807, 2.05) is 12.5 Å². The second-order valence-electron chi connectivity index (χ2n) is 2.64. The van der Waals surface area contributed by atoms with E-state index in [4.69, 9.17) is 4.74 Å². The number of nitro groups is 1. The van der Waals surface area contributed by atoms with Gasteiger partial charge in [-0.15, -0.1) is 23.5 Å². The average molecular weight is 245 g/mol. The lowest BCUT2D eigenvalue weighted by molar-refractivity contribution is -0.387. The Hall–Kier alpha value is -0.880. The molecule has 0 aliphatic carbocycles. The zero-order chi connectivity index (χ0) is 11.4. The van der Waals surface area contributed by atoms with Crippen LogP contribution in [0.5, 0.6) is 5.75 Å². The highest BCUT2D eigenvalue weighted by Crippen LogP contribution is 2.38. The SMILES string of the molecule is COc1cc([N+](=O)[O-])c(SC)cc1SC. The van der Waals surface area contributed by atoms with Crippen molar-refractivity contribution >= 4 is 29.2 Å². The van der Waals surface area contributed by atoms with Crippen molar-refractivity contribution < 1.29 is 9.66 Å². The molecule has 0 saturated heterocycles. The van der Waals surface area contributed by atoms with Crippen LogP contribution in [-0.4, -0.2) is 24.5 Å². The fourth-order valence-corrected chi connectivity index (χ4v) is 2.39. The summed E-state index contributed by atoms with van der Waals surface area (Å²) in [4.78, 5) is 12.0. The smallest absolute Gasteiger partial charge is 0.286 e. The molecular formula is C9H11NO3S2. The molecule has 0 amide bonds. The standard InChI is InChI=1S/C9H11NO3S2/c1-13-7-4-6(10(11)12)8(14-2)5-9(7)15-3/h4-5H,1-3H3. The zero-order valence-electron chi connectivity index (χ0n) is 8.64. The summed E-state index contributed by atoms with van der Waals surface area (Å²) in [7, 11) is 1.51. The van der Waals surface area contributed by atoms with E-state index in [0.29, 0.717) is 10.6 Å². The fourth-order valence-electron chi connectivity index (χ4n) is 1.16. The van der Waals surface area contributed by atoms with Gasteiger partial charge in [0.05, 0.1) is 27.9 Å². The van der Waals surface area contributed by atoms with Crippen LogP contribution >= 0.6 is 23.5 Å². The van der Waals surface area contributed by atoms with Crippen LogP contribution in [-0.2, 0) is 0 Å². The highest BCUT2D eigenvalue weighted by molar-refractivity contribution is 7.99. The summed E-state index contributed by atoms with van der Waals surface area (Å²) in [5, 5.41) is 10.8. The van der Waals surface area contributed by atoms with E-state index in [-0.39, 0.29) is 5.69 Å². The maximum atomic E-state index is 10.8. The molecule has 0 aliphatic heterocycles. The van der Waals surface area contributed by atoms with Gasteiger partial charge in [-0.25, -0.2) is 0 Å². The Morgan fingerprint density at radius 2 is 1.87 bits per heavy atom. The normalized spacial score (nSPS) is 10.1. The Morgan fingerprint density at radius 1 is 1.27 bits per heavy atom. The largest absolute Gasteiger partial charge is 0.495 e. The third kappa shape index (κ3) is 2.57. The van der Waals surface area contributed by atoms with E-state index in [0.717, 1.165) is 4.90 Å². The molecule has 0 spiro atoms. The molecule has 0 fully saturated rings. The molecule has 1 aromatic carbocycles. The molecule has 0 heterocycles. The summed E-state index contributed by atoms with van der Waals surface area (Å²) in [6, 6.07) is 3.25. The number of nitro benzene ring substituents is 1. The molecule has 1 rings (SSSR count). The fraction of sp³-hybridized carbons (Fsp3) is 0.333. The molecule has 0 aliphatic rings. The number of rotatable bonds is 4. The third-order valence-electron chi connectivity index (χ3n) is 1.88. The van der Waals surface area contributed by atoms with Crippen molar-refractivity contribution in [3.8, 4) is 5.75 Å². The predicted molar refractivity (Wildman–Crippen MR) is 63.2 cm³/mol. The van der Waals surface area contributed by atoms with E-state index in [1.165, 1.54) is 36.7 Å². The van der Waals surface area contributed by atoms with Crippen molar-refractivity contribution in [2.75, 3.05) is 19.6 Å². The Bertz CT molecular complexity index is 382. The van der Waals surface area contributed by atoms with Gasteiger partial charge in [0, 0.05) is 0 Å². The van der Waals surface area contributed by atoms with Crippen LogP contribution in [0, 0.1) is 10.1 Å². The second-order valence-corrected chi connectivity index (χ2v) is 4.33. The molecule has 6 heteroatoms. The first-order valence-electron chi connectivity index (χ1n) is 4.08. The second kappa shape index (κ2) is 5.27. The van der Waals surface area contributed by atoms with Crippen LogP contribution in [0.25, 0.3) is 0 Å². The quantitative estimate of drug-likeness (QED) is 0.463. The van der Waals surface area contributed by atoms with Crippen molar-refractivity contribution in [1.29, 1.82) is 0 Å². The van der Waals surface area contributed by atoms with Gasteiger partial charge < -0.3 is 4.74 Å². The molecule has 0 aromatic heterocycles. The van der Waals surface area contributed by atoms with Crippen molar-refractivity contribution in [1.82, 2.24) is 0 Å². The van der Waals surface area contributed by atoms with Gasteiger partial charge in [-0.3, -0.25) is 10.1 Å². The highest BCUT2D eigenvalue weighted by Gasteiger charge is 2.17. The van der Waals surface area contributed by atoms with Crippen LogP contribution in [0.1, 0.15) is 0 Å². The van der Waals surface area contributed by atoms with E-state index in [2.05, 4.69) is 0 Å². The molecule has 0 N–H and O–H groups in total. The van der Waals surface area contributed by atoms with E-state index >= 15 is 0 Å². The maximum absolute atomic E-state index is 10.8. The Labute approximate surface area is 96.5 Å². The van der Waals surface area contributed by atoms with Crippen LogP contribution in [0.3, 0.4) is 0 Å². The zero-order valence-corrected chi connectivity index (χ0v) is 10.3. The lowest BCUT2D eigenvalue weighted by atomic mass is 10.3. The molecule has 0 atom stereocenters. The molecule has 0 saturated carbocycles. The minimum atomic E-state index is -0.390. The summed E-state index contributed by atoms with van der Waals surface area (Å²) < 4.78 is 5.09. The molecular weight excluding hydrogens is 234 g/mol. The van der Waals surface area contributed by atoms with Crippen molar-refractivity contribution in [2.24, 2.45) is 0 Å². The first kappa shape index (κ1) is 12.2. The van der Waals surface area contributed by atoms with Crippen LogP contribution in [0.4, 0.5) is 5.69 Å². The summed E-state index contributed by atoms with van der Waals surface area (Å²) in [5.41, 5.74) is 0.0946. The van der Waals surface area contributed by atoms with Gasteiger partial charge in [0.25, 0.3) is 5.69 Å². The summed E-state index contributed by atoms with van der Waals surface area (Å²) >= 11 is 2.87. The van der Waals surface area contributed by atoms with Crippen molar-refractivity contribution in [3.05, 3.63) is 22.2 Å². The van der Waals surface area contributed by atoms with E-state index in [9.17, 15) is 10.1 Å². The maximum Gasteiger partial charge on any atom is 0.286 e. The lowest BCUT2D eigenvalue weighted by Crippen LogP contribution is -1.94. The number of methoxy groups -OCH3 is 1. The Kier molecular flexibility index (Phi) is 4.28.